The van der Waals surface area contributed by atoms with E-state index in [2.05, 4.69) is 10.6 Å². The molecule has 0 radical (unpaired) electrons. The van der Waals surface area contributed by atoms with E-state index in [1.165, 1.54) is 18.2 Å². The second kappa shape index (κ2) is 7.38. The normalized spacial score (nSPS) is 11.2. The molecule has 24 heavy (non-hydrogen) atoms. The van der Waals surface area contributed by atoms with Crippen molar-refractivity contribution in [1.29, 1.82) is 0 Å². The fourth-order valence-corrected chi connectivity index (χ4v) is 2.36. The Kier molecular flexibility index (Phi) is 5.49. The van der Waals surface area contributed by atoms with Gasteiger partial charge in [-0.1, -0.05) is 29.8 Å². The van der Waals surface area contributed by atoms with Gasteiger partial charge in [0.05, 0.1) is 5.56 Å². The summed E-state index contributed by atoms with van der Waals surface area (Å²) in [6.07, 6.45) is -4.36. The minimum Gasteiger partial charge on any atom is -0.384 e. The number of aryl methyl sites for hydroxylation is 2. The average Bonchev–Trinajstić information content (AvgIpc) is 2.49. The Labute approximate surface area is 138 Å². The maximum absolute atomic E-state index is 12.9. The maximum Gasteiger partial charge on any atom is 0.418 e. The Morgan fingerprint density at radius 1 is 1.04 bits per heavy atom. The second-order valence-electron chi connectivity index (χ2n) is 5.59. The number of anilines is 2. The molecular formula is C18H19F3N2O. The van der Waals surface area contributed by atoms with E-state index in [4.69, 9.17) is 0 Å². The zero-order valence-corrected chi connectivity index (χ0v) is 13.5. The van der Waals surface area contributed by atoms with Crippen molar-refractivity contribution in [2.24, 2.45) is 0 Å². The monoisotopic (exact) mass is 336 g/mol. The van der Waals surface area contributed by atoms with Crippen LogP contribution in [0.4, 0.5) is 24.5 Å². The van der Waals surface area contributed by atoms with Crippen LogP contribution in [-0.4, -0.2) is 12.5 Å². The van der Waals surface area contributed by atoms with Gasteiger partial charge in [-0.2, -0.15) is 13.2 Å². The van der Waals surface area contributed by atoms with Gasteiger partial charge in [0.1, 0.15) is 0 Å². The molecule has 3 nitrogen and oxygen atoms in total. The lowest BCUT2D eigenvalue weighted by molar-refractivity contribution is -0.137. The molecule has 0 bridgehead atoms. The van der Waals surface area contributed by atoms with Gasteiger partial charge in [0.25, 0.3) is 0 Å². The van der Waals surface area contributed by atoms with Gasteiger partial charge < -0.3 is 10.6 Å². The summed E-state index contributed by atoms with van der Waals surface area (Å²) in [5, 5.41) is 5.45. The van der Waals surface area contributed by atoms with Crippen LogP contribution in [0.2, 0.25) is 0 Å². The van der Waals surface area contributed by atoms with Gasteiger partial charge >= 0.3 is 6.18 Å². The standard InChI is InChI=1S/C18H19F3N2O/c1-12-7-8-15(13(2)11-12)23-17(24)9-10-22-16-6-4-3-5-14(16)18(19,20)21/h3-8,11,22H,9-10H2,1-2H3,(H,23,24). The van der Waals surface area contributed by atoms with Crippen LogP contribution in [-0.2, 0) is 11.0 Å². The van der Waals surface area contributed by atoms with Gasteiger partial charge in [0.15, 0.2) is 0 Å². The molecule has 0 fully saturated rings. The molecule has 0 aliphatic heterocycles. The van der Waals surface area contributed by atoms with Crippen LogP contribution in [0.25, 0.3) is 0 Å². The summed E-state index contributed by atoms with van der Waals surface area (Å²) in [6, 6.07) is 10.9. The smallest absolute Gasteiger partial charge is 0.384 e. The molecule has 128 valence electrons. The number of nitrogens with one attached hydrogen (secondary N) is 2. The molecule has 0 saturated heterocycles. The SMILES string of the molecule is Cc1ccc(NC(=O)CCNc2ccccc2C(F)(F)F)c(C)c1. The molecule has 2 rings (SSSR count). The number of amides is 1. The quantitative estimate of drug-likeness (QED) is 0.826. The first-order chi connectivity index (χ1) is 11.3. The van der Waals surface area contributed by atoms with E-state index < -0.39 is 11.7 Å². The Hall–Kier alpha value is -2.50. The van der Waals surface area contributed by atoms with Gasteiger partial charge in [0.2, 0.25) is 5.91 Å². The highest BCUT2D eigenvalue weighted by molar-refractivity contribution is 5.91. The van der Waals surface area contributed by atoms with Crippen LogP contribution in [0.3, 0.4) is 0 Å². The third-order valence-corrected chi connectivity index (χ3v) is 3.56. The highest BCUT2D eigenvalue weighted by Crippen LogP contribution is 2.34. The van der Waals surface area contributed by atoms with Crippen molar-refractivity contribution >= 4 is 17.3 Å². The van der Waals surface area contributed by atoms with Crippen molar-refractivity contribution in [2.75, 3.05) is 17.2 Å². The summed E-state index contributed by atoms with van der Waals surface area (Å²) in [5.74, 6) is -0.251. The van der Waals surface area contributed by atoms with Crippen LogP contribution in [0.5, 0.6) is 0 Å². The molecule has 0 aliphatic rings. The summed E-state index contributed by atoms with van der Waals surface area (Å²) in [7, 11) is 0. The first kappa shape index (κ1) is 17.8. The Balaban J connectivity index is 1.92. The lowest BCUT2D eigenvalue weighted by Gasteiger charge is -2.14. The number of para-hydroxylation sites is 1. The van der Waals surface area contributed by atoms with Gasteiger partial charge in [-0.25, -0.2) is 0 Å². The van der Waals surface area contributed by atoms with E-state index in [1.807, 2.05) is 32.0 Å². The highest BCUT2D eigenvalue weighted by atomic mass is 19.4. The second-order valence-corrected chi connectivity index (χ2v) is 5.59. The molecule has 2 aromatic carbocycles. The fourth-order valence-electron chi connectivity index (χ4n) is 2.36. The van der Waals surface area contributed by atoms with Crippen LogP contribution in [0.1, 0.15) is 23.1 Å². The first-order valence-corrected chi connectivity index (χ1v) is 7.54. The molecule has 0 aromatic heterocycles. The van der Waals surface area contributed by atoms with Crippen molar-refractivity contribution in [1.82, 2.24) is 0 Å². The van der Waals surface area contributed by atoms with Crippen LogP contribution in [0.15, 0.2) is 42.5 Å². The van der Waals surface area contributed by atoms with E-state index in [-0.39, 0.29) is 24.6 Å². The van der Waals surface area contributed by atoms with Crippen molar-refractivity contribution in [3.05, 3.63) is 59.2 Å². The van der Waals surface area contributed by atoms with Crippen molar-refractivity contribution in [3.8, 4) is 0 Å². The van der Waals surface area contributed by atoms with Crippen LogP contribution >= 0.6 is 0 Å². The number of rotatable bonds is 5. The van der Waals surface area contributed by atoms with E-state index in [0.717, 1.165) is 17.2 Å². The largest absolute Gasteiger partial charge is 0.418 e. The Morgan fingerprint density at radius 2 is 1.75 bits per heavy atom. The van der Waals surface area contributed by atoms with Gasteiger partial charge in [-0.15, -0.1) is 0 Å². The molecule has 0 atom stereocenters. The van der Waals surface area contributed by atoms with E-state index >= 15 is 0 Å². The van der Waals surface area contributed by atoms with E-state index in [0.29, 0.717) is 5.69 Å². The number of hydrogen-bond donors (Lipinski definition) is 2. The summed E-state index contributed by atoms with van der Waals surface area (Å²) in [5.41, 5.74) is 1.99. The molecule has 6 heteroatoms. The maximum atomic E-state index is 12.9. The van der Waals surface area contributed by atoms with Gasteiger partial charge in [0, 0.05) is 24.3 Å². The topological polar surface area (TPSA) is 41.1 Å². The molecule has 1 amide bonds. The summed E-state index contributed by atoms with van der Waals surface area (Å²) >= 11 is 0. The molecule has 2 N–H and O–H groups in total. The number of hydrogen-bond acceptors (Lipinski definition) is 2. The number of carbonyl (C=O) groups is 1. The van der Waals surface area contributed by atoms with Crippen molar-refractivity contribution < 1.29 is 18.0 Å². The van der Waals surface area contributed by atoms with E-state index in [9.17, 15) is 18.0 Å². The Bertz CT molecular complexity index is 726. The fraction of sp³-hybridized carbons (Fsp3) is 0.278. The summed E-state index contributed by atoms with van der Waals surface area (Å²) in [4.78, 5) is 11.9. The highest BCUT2D eigenvalue weighted by Gasteiger charge is 2.32. The van der Waals surface area contributed by atoms with E-state index in [1.54, 1.807) is 0 Å². The lowest BCUT2D eigenvalue weighted by Crippen LogP contribution is -2.18. The molecule has 0 unspecified atom stereocenters. The summed E-state index contributed by atoms with van der Waals surface area (Å²) in [6.45, 7) is 3.96. The molecular weight excluding hydrogens is 317 g/mol. The van der Waals surface area contributed by atoms with Crippen molar-refractivity contribution in [2.45, 2.75) is 26.4 Å². The molecule has 0 heterocycles. The number of alkyl halides is 3. The first-order valence-electron chi connectivity index (χ1n) is 7.54. The number of halogens is 3. The average molecular weight is 336 g/mol. The Morgan fingerprint density at radius 3 is 2.42 bits per heavy atom. The van der Waals surface area contributed by atoms with Gasteiger partial charge in [-0.3, -0.25) is 4.79 Å². The van der Waals surface area contributed by atoms with Gasteiger partial charge in [-0.05, 0) is 37.6 Å². The van der Waals surface area contributed by atoms with Crippen LogP contribution in [0, 0.1) is 13.8 Å². The molecule has 0 spiro atoms. The predicted molar refractivity (Wildman–Crippen MR) is 89.1 cm³/mol. The lowest BCUT2D eigenvalue weighted by atomic mass is 10.1. The van der Waals surface area contributed by atoms with Crippen LogP contribution < -0.4 is 10.6 Å². The minimum absolute atomic E-state index is 0.0238. The molecule has 0 aliphatic carbocycles. The zero-order valence-electron chi connectivity index (χ0n) is 13.5. The predicted octanol–water partition coefficient (Wildman–Crippen LogP) is 4.76. The van der Waals surface area contributed by atoms with Crippen molar-refractivity contribution in [3.63, 3.8) is 0 Å². The minimum atomic E-state index is -4.43. The third-order valence-electron chi connectivity index (χ3n) is 3.56. The molecule has 2 aromatic rings. The number of benzene rings is 2. The zero-order chi connectivity index (χ0) is 17.7. The summed E-state index contributed by atoms with van der Waals surface area (Å²) < 4.78 is 38.6. The third kappa shape index (κ3) is 4.75. The number of carbonyl (C=O) groups excluding carboxylic acids is 1. The molecule has 0 saturated carbocycles.